The molecule has 2 aliphatic rings. The summed E-state index contributed by atoms with van der Waals surface area (Å²) in [7, 11) is 0. The number of hydrogen-bond donors (Lipinski definition) is 0. The maximum absolute atomic E-state index is 10.8. The Morgan fingerprint density at radius 2 is 1.30 bits per heavy atom. The van der Waals surface area contributed by atoms with E-state index in [2.05, 4.69) is 13.8 Å². The van der Waals surface area contributed by atoms with Crippen LogP contribution >= 0.6 is 0 Å². The Labute approximate surface area is 145 Å². The summed E-state index contributed by atoms with van der Waals surface area (Å²) < 4.78 is 0. The molecule has 0 saturated heterocycles. The van der Waals surface area contributed by atoms with Crippen molar-refractivity contribution in [1.29, 1.82) is 0 Å². The summed E-state index contributed by atoms with van der Waals surface area (Å²) in [6, 6.07) is 0. The van der Waals surface area contributed by atoms with E-state index in [0.717, 1.165) is 36.5 Å². The van der Waals surface area contributed by atoms with Crippen LogP contribution in [0, 0.1) is 29.6 Å². The van der Waals surface area contributed by atoms with Crippen molar-refractivity contribution in [3.05, 3.63) is 0 Å². The Bertz CT molecular complexity index is 306. The summed E-state index contributed by atoms with van der Waals surface area (Å²) in [6.07, 6.45) is 20.6. The third-order valence-electron chi connectivity index (χ3n) is 7.01. The molecule has 0 aromatic rings. The molecule has 2 saturated carbocycles. The molecule has 0 amide bonds. The van der Waals surface area contributed by atoms with E-state index in [1.165, 1.54) is 83.3 Å². The van der Waals surface area contributed by atoms with Crippen LogP contribution in [0.5, 0.6) is 0 Å². The number of carbonyl (C=O) groups excluding carboxylic acids is 1. The first-order chi connectivity index (χ1) is 11.2. The lowest BCUT2D eigenvalue weighted by Gasteiger charge is -2.34. The molecular formula is C22H40O. The zero-order valence-corrected chi connectivity index (χ0v) is 15.8. The minimum absolute atomic E-state index is 0.385. The lowest BCUT2D eigenvalue weighted by atomic mass is 9.71. The minimum Gasteiger partial charge on any atom is -0.303 e. The van der Waals surface area contributed by atoms with Gasteiger partial charge < -0.3 is 4.79 Å². The van der Waals surface area contributed by atoms with Crippen molar-refractivity contribution in [3.63, 3.8) is 0 Å². The fraction of sp³-hybridized carbons (Fsp3) is 0.955. The first-order valence-corrected chi connectivity index (χ1v) is 10.7. The summed E-state index contributed by atoms with van der Waals surface area (Å²) in [5, 5.41) is 0. The van der Waals surface area contributed by atoms with Crippen LogP contribution in [0.2, 0.25) is 0 Å². The van der Waals surface area contributed by atoms with Crippen molar-refractivity contribution in [2.24, 2.45) is 29.6 Å². The van der Waals surface area contributed by atoms with Gasteiger partial charge in [0.1, 0.15) is 6.29 Å². The van der Waals surface area contributed by atoms with Crippen LogP contribution in [-0.4, -0.2) is 6.29 Å². The van der Waals surface area contributed by atoms with Gasteiger partial charge in [-0.25, -0.2) is 0 Å². The van der Waals surface area contributed by atoms with Crippen LogP contribution in [0.25, 0.3) is 0 Å². The SMILES string of the molecule is CC1CCCC(C)C1CCCCCCCC1CCC(C=O)CC1. The molecule has 0 aliphatic heterocycles. The summed E-state index contributed by atoms with van der Waals surface area (Å²) in [4.78, 5) is 10.8. The number of aldehydes is 1. The predicted octanol–water partition coefficient (Wildman–Crippen LogP) is 6.79. The molecule has 2 unspecified atom stereocenters. The largest absolute Gasteiger partial charge is 0.303 e. The lowest BCUT2D eigenvalue weighted by molar-refractivity contribution is -0.112. The second kappa shape index (κ2) is 10.5. The molecule has 2 atom stereocenters. The van der Waals surface area contributed by atoms with Crippen molar-refractivity contribution < 1.29 is 4.79 Å². The predicted molar refractivity (Wildman–Crippen MR) is 99.5 cm³/mol. The number of hydrogen-bond acceptors (Lipinski definition) is 1. The number of unbranched alkanes of at least 4 members (excludes halogenated alkanes) is 4. The molecule has 0 heterocycles. The molecule has 0 aromatic carbocycles. The third kappa shape index (κ3) is 6.59. The van der Waals surface area contributed by atoms with E-state index in [-0.39, 0.29) is 0 Å². The molecule has 0 bridgehead atoms. The monoisotopic (exact) mass is 320 g/mol. The highest BCUT2D eigenvalue weighted by Gasteiger charge is 2.26. The van der Waals surface area contributed by atoms with Gasteiger partial charge in [0.15, 0.2) is 0 Å². The summed E-state index contributed by atoms with van der Waals surface area (Å²) >= 11 is 0. The van der Waals surface area contributed by atoms with E-state index < -0.39 is 0 Å². The Morgan fingerprint density at radius 3 is 1.91 bits per heavy atom. The second-order valence-corrected chi connectivity index (χ2v) is 8.81. The van der Waals surface area contributed by atoms with Crippen LogP contribution in [0.3, 0.4) is 0 Å². The van der Waals surface area contributed by atoms with Crippen molar-refractivity contribution in [3.8, 4) is 0 Å². The summed E-state index contributed by atoms with van der Waals surface area (Å²) in [6.45, 7) is 4.97. The average Bonchev–Trinajstić information content (AvgIpc) is 2.57. The maximum Gasteiger partial charge on any atom is 0.123 e. The highest BCUT2D eigenvalue weighted by atomic mass is 16.1. The van der Waals surface area contributed by atoms with Gasteiger partial charge in [0.25, 0.3) is 0 Å². The molecule has 134 valence electrons. The van der Waals surface area contributed by atoms with Gasteiger partial charge in [0.05, 0.1) is 0 Å². The van der Waals surface area contributed by atoms with Crippen molar-refractivity contribution >= 4 is 6.29 Å². The van der Waals surface area contributed by atoms with Crippen LogP contribution in [0.15, 0.2) is 0 Å². The third-order valence-corrected chi connectivity index (χ3v) is 7.01. The van der Waals surface area contributed by atoms with Gasteiger partial charge in [0.2, 0.25) is 0 Å². The molecule has 0 radical (unpaired) electrons. The fourth-order valence-corrected chi connectivity index (χ4v) is 5.28. The average molecular weight is 321 g/mol. The van der Waals surface area contributed by atoms with Crippen molar-refractivity contribution in [2.45, 2.75) is 104 Å². The number of rotatable bonds is 9. The van der Waals surface area contributed by atoms with Gasteiger partial charge in [-0.3, -0.25) is 0 Å². The standard InChI is InChI=1S/C22H40O/c1-18-9-8-10-19(2)22(18)12-7-5-3-4-6-11-20-13-15-21(17-23)16-14-20/h17-22H,3-16H2,1-2H3. The molecular weight excluding hydrogens is 280 g/mol. The quantitative estimate of drug-likeness (QED) is 0.337. The summed E-state index contributed by atoms with van der Waals surface area (Å²) in [5.41, 5.74) is 0. The Kier molecular flexibility index (Phi) is 8.69. The topological polar surface area (TPSA) is 17.1 Å². The maximum atomic E-state index is 10.8. The molecule has 23 heavy (non-hydrogen) atoms. The molecule has 0 spiro atoms. The van der Waals surface area contributed by atoms with Crippen LogP contribution < -0.4 is 0 Å². The van der Waals surface area contributed by atoms with Gasteiger partial charge in [0, 0.05) is 5.92 Å². The normalized spacial score (nSPS) is 35.1. The highest BCUT2D eigenvalue weighted by Crippen LogP contribution is 2.37. The van der Waals surface area contributed by atoms with Crippen molar-refractivity contribution in [1.82, 2.24) is 0 Å². The molecule has 2 aliphatic carbocycles. The van der Waals surface area contributed by atoms with E-state index in [4.69, 9.17) is 0 Å². The van der Waals surface area contributed by atoms with Gasteiger partial charge in [-0.15, -0.1) is 0 Å². The number of carbonyl (C=O) groups is 1. The van der Waals surface area contributed by atoms with E-state index in [1.807, 2.05) is 0 Å². The molecule has 2 fully saturated rings. The zero-order valence-electron chi connectivity index (χ0n) is 15.8. The second-order valence-electron chi connectivity index (χ2n) is 8.81. The van der Waals surface area contributed by atoms with Crippen molar-refractivity contribution in [2.75, 3.05) is 0 Å². The van der Waals surface area contributed by atoms with Gasteiger partial charge >= 0.3 is 0 Å². The van der Waals surface area contributed by atoms with E-state index in [0.29, 0.717) is 5.92 Å². The van der Waals surface area contributed by atoms with Crippen LogP contribution in [0.1, 0.15) is 104 Å². The fourth-order valence-electron chi connectivity index (χ4n) is 5.28. The van der Waals surface area contributed by atoms with E-state index in [1.54, 1.807) is 0 Å². The molecule has 1 nitrogen and oxygen atoms in total. The molecule has 0 aromatic heterocycles. The van der Waals surface area contributed by atoms with Crippen LogP contribution in [0.4, 0.5) is 0 Å². The summed E-state index contributed by atoms with van der Waals surface area (Å²) in [5.74, 6) is 4.27. The first-order valence-electron chi connectivity index (χ1n) is 10.7. The van der Waals surface area contributed by atoms with Gasteiger partial charge in [-0.05, 0) is 55.8 Å². The minimum atomic E-state index is 0.385. The lowest BCUT2D eigenvalue weighted by Crippen LogP contribution is -2.24. The first kappa shape index (κ1) is 19.0. The zero-order chi connectivity index (χ0) is 16.5. The Hall–Kier alpha value is -0.330. The smallest absolute Gasteiger partial charge is 0.123 e. The van der Waals surface area contributed by atoms with E-state index in [9.17, 15) is 4.79 Å². The van der Waals surface area contributed by atoms with Crippen LogP contribution in [-0.2, 0) is 4.79 Å². The van der Waals surface area contributed by atoms with E-state index >= 15 is 0 Å². The van der Waals surface area contributed by atoms with Gasteiger partial charge in [-0.2, -0.15) is 0 Å². The molecule has 0 N–H and O–H groups in total. The Morgan fingerprint density at radius 1 is 0.739 bits per heavy atom. The molecule has 2 rings (SSSR count). The van der Waals surface area contributed by atoms with Gasteiger partial charge in [-0.1, -0.05) is 71.6 Å². The molecule has 1 heteroatoms. The highest BCUT2D eigenvalue weighted by molar-refractivity contribution is 5.53. The Balaban J connectivity index is 1.44.